The van der Waals surface area contributed by atoms with E-state index in [1.54, 1.807) is 0 Å². The van der Waals surface area contributed by atoms with Crippen molar-refractivity contribution in [1.82, 2.24) is 4.31 Å². The van der Waals surface area contributed by atoms with Gasteiger partial charge in [-0.1, -0.05) is 0 Å². The first-order chi connectivity index (χ1) is 5.46. The largest absolute Gasteiger partial charge is 0.348 e. The lowest BCUT2D eigenvalue weighted by Crippen LogP contribution is -2.52. The highest BCUT2D eigenvalue weighted by Crippen LogP contribution is 2.34. The third-order valence-corrected chi connectivity index (χ3v) is 2.52. The zero-order chi connectivity index (χ0) is 9.35. The summed E-state index contributed by atoms with van der Waals surface area (Å²) in [6, 6.07) is -3.81. The van der Waals surface area contributed by atoms with Crippen molar-refractivity contribution in [2.45, 2.75) is 25.1 Å². The Morgan fingerprint density at radius 1 is 1.58 bits per heavy atom. The normalized spacial score (nSPS) is 33.2. The molecule has 0 aromatic carbocycles. The highest BCUT2D eigenvalue weighted by atomic mass is 32.2. The van der Waals surface area contributed by atoms with Crippen LogP contribution in [-0.2, 0) is 11.3 Å². The van der Waals surface area contributed by atoms with E-state index in [0.717, 1.165) is 0 Å². The summed E-state index contributed by atoms with van der Waals surface area (Å²) in [4.78, 5) is 0. The molecule has 2 atom stereocenters. The Hall–Kier alpha value is -0.140. The van der Waals surface area contributed by atoms with Crippen LogP contribution in [0.5, 0.6) is 0 Å². The first kappa shape index (κ1) is 9.94. The van der Waals surface area contributed by atoms with Crippen molar-refractivity contribution < 1.29 is 21.9 Å². The first-order valence-corrected chi connectivity index (χ1v) is 4.43. The number of nitrogens with zero attached hydrogens (tertiary/aromatic N) is 1. The van der Waals surface area contributed by atoms with Crippen molar-refractivity contribution in [2.24, 2.45) is 0 Å². The van der Waals surface area contributed by atoms with Crippen LogP contribution in [-0.4, -0.2) is 31.8 Å². The van der Waals surface area contributed by atoms with Gasteiger partial charge in [-0.3, -0.25) is 4.55 Å². The van der Waals surface area contributed by atoms with Crippen LogP contribution in [0.3, 0.4) is 0 Å². The molecule has 1 saturated heterocycles. The Morgan fingerprint density at radius 3 is 2.58 bits per heavy atom. The molecule has 12 heavy (non-hydrogen) atoms. The third-order valence-electron chi connectivity index (χ3n) is 1.72. The molecule has 7 heteroatoms. The molecule has 1 aliphatic rings. The number of piperidine rings is 1. The summed E-state index contributed by atoms with van der Waals surface area (Å²) in [6.45, 7) is -0.253. The van der Waals surface area contributed by atoms with E-state index in [1.165, 1.54) is 0 Å². The van der Waals surface area contributed by atoms with E-state index in [-0.39, 0.29) is 23.7 Å². The van der Waals surface area contributed by atoms with Crippen LogP contribution in [0, 0.1) is 0 Å². The molecule has 0 radical (unpaired) electrons. The van der Waals surface area contributed by atoms with E-state index in [9.17, 15) is 17.4 Å². The summed E-state index contributed by atoms with van der Waals surface area (Å²) < 4.78 is 56.6. The fraction of sp³-hybridized carbons (Fsp3) is 1.00. The predicted octanol–water partition coefficient (Wildman–Crippen LogP) is 1.15. The van der Waals surface area contributed by atoms with Crippen LogP contribution in [0.2, 0.25) is 0 Å². The molecule has 1 fully saturated rings. The topological polar surface area (TPSA) is 40.5 Å². The molecule has 1 heterocycles. The zero-order valence-electron chi connectivity index (χ0n) is 6.04. The molecular weight excluding hydrogens is 195 g/mol. The fourth-order valence-electron chi connectivity index (χ4n) is 1.08. The maximum atomic E-state index is 12.7. The Labute approximate surface area is 70.0 Å². The van der Waals surface area contributed by atoms with Gasteiger partial charge in [0.1, 0.15) is 0 Å². The van der Waals surface area contributed by atoms with Gasteiger partial charge in [0.2, 0.25) is 11.3 Å². The van der Waals surface area contributed by atoms with Crippen LogP contribution in [0.1, 0.15) is 12.8 Å². The smallest absolute Gasteiger partial charge is 0.293 e. The molecule has 0 bridgehead atoms. The quantitative estimate of drug-likeness (QED) is 0.513. The van der Waals surface area contributed by atoms with Crippen molar-refractivity contribution in [2.75, 3.05) is 6.54 Å². The van der Waals surface area contributed by atoms with Crippen molar-refractivity contribution in [1.29, 1.82) is 0 Å². The molecule has 1 rings (SSSR count). The summed E-state index contributed by atoms with van der Waals surface area (Å²) in [5, 5.41) is 0. The van der Waals surface area contributed by atoms with Crippen LogP contribution < -0.4 is 0 Å². The van der Waals surface area contributed by atoms with E-state index in [2.05, 4.69) is 0 Å². The Kier molecular flexibility index (Phi) is 2.74. The van der Waals surface area contributed by atoms with Gasteiger partial charge in [0, 0.05) is 6.54 Å². The highest BCUT2D eigenvalue weighted by Gasteiger charge is 2.51. The molecule has 0 aromatic heterocycles. The minimum atomic E-state index is -3.81. The van der Waals surface area contributed by atoms with Crippen molar-refractivity contribution >= 4 is 11.3 Å². The average molecular weight is 203 g/mol. The van der Waals surface area contributed by atoms with Gasteiger partial charge in [-0.25, -0.2) is 8.60 Å². The number of alkyl halides is 3. The van der Waals surface area contributed by atoms with E-state index in [0.29, 0.717) is 0 Å². The average Bonchev–Trinajstić information content (AvgIpc) is 1.94. The first-order valence-electron chi connectivity index (χ1n) is 3.36. The summed E-state index contributed by atoms with van der Waals surface area (Å²) in [6.07, 6.45) is -2.44. The highest BCUT2D eigenvalue weighted by molar-refractivity contribution is 7.76. The molecule has 0 aromatic rings. The predicted molar refractivity (Wildman–Crippen MR) is 36.6 cm³/mol. The second-order valence-electron chi connectivity index (χ2n) is 2.53. The van der Waals surface area contributed by atoms with Gasteiger partial charge in [0.05, 0.1) is 0 Å². The third kappa shape index (κ3) is 1.62. The van der Waals surface area contributed by atoms with E-state index in [1.807, 2.05) is 0 Å². The Bertz CT molecular complexity index is 201. The standard InChI is InChI=1S/C5H8F3NO2S/c6-4-2-1-3-9(12(10)11)5(4,7)8/h4H,1-3H2,(H,10,11). The number of rotatable bonds is 1. The molecule has 2 unspecified atom stereocenters. The summed E-state index contributed by atoms with van der Waals surface area (Å²) in [5.74, 6) is 0. The molecule has 0 spiro atoms. The van der Waals surface area contributed by atoms with Gasteiger partial charge in [-0.2, -0.15) is 8.78 Å². The lowest BCUT2D eigenvalue weighted by atomic mass is 10.1. The molecule has 3 nitrogen and oxygen atoms in total. The number of hydrogen-bond acceptors (Lipinski definition) is 1. The molecule has 1 N–H and O–H groups in total. The molecule has 0 amide bonds. The minimum Gasteiger partial charge on any atom is -0.293 e. The van der Waals surface area contributed by atoms with Crippen molar-refractivity contribution in [3.63, 3.8) is 0 Å². The SMILES string of the molecule is O=S(O)N1CCCC(F)C1(F)F. The van der Waals surface area contributed by atoms with Crippen LogP contribution in [0.4, 0.5) is 13.2 Å². The minimum absolute atomic E-state index is 0.0405. The van der Waals surface area contributed by atoms with Crippen LogP contribution >= 0.6 is 0 Å². The lowest BCUT2D eigenvalue weighted by Gasteiger charge is -2.33. The van der Waals surface area contributed by atoms with Gasteiger partial charge in [-0.05, 0) is 12.8 Å². The van der Waals surface area contributed by atoms with E-state index >= 15 is 0 Å². The maximum Gasteiger partial charge on any atom is 0.348 e. The molecule has 1 aliphatic heterocycles. The Morgan fingerprint density at radius 2 is 2.17 bits per heavy atom. The molecule has 72 valence electrons. The van der Waals surface area contributed by atoms with Crippen LogP contribution in [0.15, 0.2) is 0 Å². The monoisotopic (exact) mass is 203 g/mol. The van der Waals surface area contributed by atoms with Gasteiger partial charge in [0.25, 0.3) is 0 Å². The van der Waals surface area contributed by atoms with E-state index in [4.69, 9.17) is 4.55 Å². The van der Waals surface area contributed by atoms with Gasteiger partial charge < -0.3 is 0 Å². The van der Waals surface area contributed by atoms with Gasteiger partial charge in [0.15, 0.2) is 6.17 Å². The van der Waals surface area contributed by atoms with E-state index < -0.39 is 23.5 Å². The maximum absolute atomic E-state index is 12.7. The Balaban J connectivity index is 2.79. The number of hydrogen-bond donors (Lipinski definition) is 1. The van der Waals surface area contributed by atoms with Gasteiger partial charge in [-0.15, -0.1) is 4.31 Å². The van der Waals surface area contributed by atoms with Gasteiger partial charge >= 0.3 is 6.05 Å². The summed E-state index contributed by atoms with van der Waals surface area (Å²) >= 11 is -2.80. The molecule has 0 aliphatic carbocycles. The zero-order valence-corrected chi connectivity index (χ0v) is 6.86. The summed E-state index contributed by atoms with van der Waals surface area (Å²) in [5.41, 5.74) is 0. The van der Waals surface area contributed by atoms with Crippen molar-refractivity contribution in [3.05, 3.63) is 0 Å². The van der Waals surface area contributed by atoms with Crippen molar-refractivity contribution in [3.8, 4) is 0 Å². The molecular formula is C5H8F3NO2S. The van der Waals surface area contributed by atoms with Crippen LogP contribution in [0.25, 0.3) is 0 Å². The second kappa shape index (κ2) is 3.31. The lowest BCUT2D eigenvalue weighted by molar-refractivity contribution is -0.172. The number of halogens is 3. The second-order valence-corrected chi connectivity index (χ2v) is 3.43. The fourth-order valence-corrected chi connectivity index (χ4v) is 1.68. The summed E-state index contributed by atoms with van der Waals surface area (Å²) in [7, 11) is 0. The molecule has 0 saturated carbocycles.